The molecule has 2 N–H and O–H groups in total. The Balaban J connectivity index is 2.68. The summed E-state index contributed by atoms with van der Waals surface area (Å²) in [7, 11) is 1.21. The molecule has 1 rings (SSSR count). The summed E-state index contributed by atoms with van der Waals surface area (Å²) in [5.41, 5.74) is -0.253. The number of esters is 1. The van der Waals surface area contributed by atoms with E-state index in [1.807, 2.05) is 0 Å². The minimum Gasteiger partial charge on any atom is -0.467 e. The number of carbonyl (C=O) groups is 3. The largest absolute Gasteiger partial charge is 0.467 e. The lowest BCUT2D eigenvalue weighted by atomic mass is 10.2. The molecular formula is C16H21IN2O5. The number of ether oxygens (including phenoxy) is 2. The fourth-order valence-corrected chi connectivity index (χ4v) is 2.04. The number of hydrogen-bond donors (Lipinski definition) is 2. The predicted molar refractivity (Wildman–Crippen MR) is 96.7 cm³/mol. The van der Waals surface area contributed by atoms with Crippen LogP contribution in [0.1, 0.15) is 31.1 Å². The van der Waals surface area contributed by atoms with Crippen molar-refractivity contribution >= 4 is 40.6 Å². The van der Waals surface area contributed by atoms with Crippen molar-refractivity contribution in [2.75, 3.05) is 13.7 Å². The van der Waals surface area contributed by atoms with E-state index >= 15 is 0 Å². The normalized spacial score (nSPS) is 12.0. The van der Waals surface area contributed by atoms with Crippen LogP contribution in [-0.4, -0.2) is 43.3 Å². The van der Waals surface area contributed by atoms with E-state index in [9.17, 15) is 14.4 Å². The van der Waals surface area contributed by atoms with Crippen molar-refractivity contribution in [2.24, 2.45) is 0 Å². The van der Waals surface area contributed by atoms with E-state index in [4.69, 9.17) is 4.74 Å². The van der Waals surface area contributed by atoms with Crippen LogP contribution in [0.25, 0.3) is 0 Å². The van der Waals surface area contributed by atoms with Crippen molar-refractivity contribution in [1.29, 1.82) is 0 Å². The molecular weight excluding hydrogens is 427 g/mol. The van der Waals surface area contributed by atoms with Gasteiger partial charge in [0, 0.05) is 9.13 Å². The van der Waals surface area contributed by atoms with E-state index in [0.717, 1.165) is 3.57 Å². The smallest absolute Gasteiger partial charge is 0.407 e. The van der Waals surface area contributed by atoms with Gasteiger partial charge in [-0.3, -0.25) is 4.79 Å². The Hall–Kier alpha value is -1.84. The maximum Gasteiger partial charge on any atom is 0.407 e. The van der Waals surface area contributed by atoms with E-state index in [0.29, 0.717) is 5.56 Å². The summed E-state index contributed by atoms with van der Waals surface area (Å²) in [4.78, 5) is 35.7. The van der Waals surface area contributed by atoms with Crippen molar-refractivity contribution < 1.29 is 23.9 Å². The standard InChI is InChI=1S/C16H21IN2O5/c1-16(2,3)24-15(22)18-9-12(14(21)23-4)19-13(20)10-5-7-11(17)8-6-10/h5-8,12H,9H2,1-4H3,(H,18,22)(H,19,20)/t12-/m0/s1. The summed E-state index contributed by atoms with van der Waals surface area (Å²) in [5.74, 6) is -1.10. The maximum atomic E-state index is 12.2. The average molecular weight is 448 g/mol. The molecule has 0 saturated carbocycles. The first-order valence-electron chi connectivity index (χ1n) is 7.23. The number of rotatable bonds is 5. The van der Waals surface area contributed by atoms with Crippen LogP contribution in [-0.2, 0) is 14.3 Å². The number of alkyl carbamates (subject to hydrolysis) is 1. The van der Waals surface area contributed by atoms with E-state index in [1.165, 1.54) is 7.11 Å². The average Bonchev–Trinajstić information content (AvgIpc) is 2.49. The molecule has 0 aliphatic rings. The first kappa shape index (κ1) is 20.2. The number of amides is 2. The SMILES string of the molecule is COC(=O)[C@H](CNC(=O)OC(C)(C)C)NC(=O)c1ccc(I)cc1. The van der Waals surface area contributed by atoms with Crippen LogP contribution < -0.4 is 10.6 Å². The highest BCUT2D eigenvalue weighted by Crippen LogP contribution is 2.08. The molecule has 0 heterocycles. The number of halogens is 1. The van der Waals surface area contributed by atoms with Crippen LogP contribution in [0, 0.1) is 3.57 Å². The van der Waals surface area contributed by atoms with Gasteiger partial charge in [-0.15, -0.1) is 0 Å². The molecule has 0 radical (unpaired) electrons. The summed E-state index contributed by atoms with van der Waals surface area (Å²) in [6, 6.07) is 5.83. The molecule has 8 heteroatoms. The van der Waals surface area contributed by atoms with Crippen LogP contribution in [0.2, 0.25) is 0 Å². The zero-order valence-corrected chi connectivity index (χ0v) is 16.2. The lowest BCUT2D eigenvalue weighted by Gasteiger charge is -2.21. The highest BCUT2D eigenvalue weighted by atomic mass is 127. The highest BCUT2D eigenvalue weighted by molar-refractivity contribution is 14.1. The number of hydrogen-bond acceptors (Lipinski definition) is 5. The van der Waals surface area contributed by atoms with Crippen molar-refractivity contribution in [3.05, 3.63) is 33.4 Å². The van der Waals surface area contributed by atoms with E-state index < -0.39 is 29.6 Å². The molecule has 1 atom stereocenters. The second-order valence-electron chi connectivity index (χ2n) is 5.94. The van der Waals surface area contributed by atoms with Crippen molar-refractivity contribution in [2.45, 2.75) is 32.4 Å². The van der Waals surface area contributed by atoms with Crippen LogP contribution in [0.5, 0.6) is 0 Å². The Kier molecular flexibility index (Phi) is 7.46. The molecule has 0 aliphatic heterocycles. The molecule has 0 saturated heterocycles. The number of carbonyl (C=O) groups excluding carboxylic acids is 3. The summed E-state index contributed by atoms with van der Waals surface area (Å²) < 4.78 is 10.7. The van der Waals surface area contributed by atoms with E-state index in [2.05, 4.69) is 38.0 Å². The fourth-order valence-electron chi connectivity index (χ4n) is 1.68. The van der Waals surface area contributed by atoms with Crippen molar-refractivity contribution in [1.82, 2.24) is 10.6 Å². The van der Waals surface area contributed by atoms with Gasteiger partial charge in [-0.2, -0.15) is 0 Å². The van der Waals surface area contributed by atoms with Gasteiger partial charge in [0.25, 0.3) is 5.91 Å². The number of methoxy groups -OCH3 is 1. The van der Waals surface area contributed by atoms with E-state index in [1.54, 1.807) is 45.0 Å². The van der Waals surface area contributed by atoms with Gasteiger partial charge in [-0.05, 0) is 67.6 Å². The van der Waals surface area contributed by atoms with Gasteiger partial charge in [0.2, 0.25) is 0 Å². The first-order valence-corrected chi connectivity index (χ1v) is 8.31. The van der Waals surface area contributed by atoms with Gasteiger partial charge >= 0.3 is 12.1 Å². The molecule has 2 amide bonds. The van der Waals surface area contributed by atoms with Gasteiger partial charge in [0.15, 0.2) is 0 Å². The zero-order valence-electron chi connectivity index (χ0n) is 14.0. The Labute approximate surface area is 154 Å². The molecule has 0 aromatic heterocycles. The zero-order chi connectivity index (χ0) is 18.3. The Bertz CT molecular complexity index is 595. The molecule has 0 spiro atoms. The Morgan fingerprint density at radius 3 is 2.25 bits per heavy atom. The molecule has 0 aliphatic carbocycles. The highest BCUT2D eigenvalue weighted by Gasteiger charge is 2.24. The van der Waals surface area contributed by atoms with Crippen LogP contribution in [0.3, 0.4) is 0 Å². The summed E-state index contributed by atoms with van der Waals surface area (Å²) in [6.45, 7) is 5.03. The number of nitrogens with one attached hydrogen (secondary N) is 2. The van der Waals surface area contributed by atoms with Crippen molar-refractivity contribution in [3.63, 3.8) is 0 Å². The second-order valence-corrected chi connectivity index (χ2v) is 7.18. The summed E-state index contributed by atoms with van der Waals surface area (Å²) in [5, 5.41) is 4.98. The predicted octanol–water partition coefficient (Wildman–Crippen LogP) is 2.09. The van der Waals surface area contributed by atoms with Gasteiger partial charge < -0.3 is 20.1 Å². The molecule has 24 heavy (non-hydrogen) atoms. The van der Waals surface area contributed by atoms with Gasteiger partial charge in [0.05, 0.1) is 13.7 Å². The van der Waals surface area contributed by atoms with Crippen LogP contribution in [0.15, 0.2) is 24.3 Å². The summed E-state index contributed by atoms with van der Waals surface area (Å²) in [6.07, 6.45) is -0.681. The van der Waals surface area contributed by atoms with Crippen LogP contribution >= 0.6 is 22.6 Å². The van der Waals surface area contributed by atoms with Gasteiger partial charge in [-0.1, -0.05) is 0 Å². The minimum atomic E-state index is -1.02. The molecule has 132 valence electrons. The summed E-state index contributed by atoms with van der Waals surface area (Å²) >= 11 is 2.13. The second kappa shape index (κ2) is 8.86. The lowest BCUT2D eigenvalue weighted by Crippen LogP contribution is -2.49. The third-order valence-corrected chi connectivity index (χ3v) is 3.47. The molecule has 0 bridgehead atoms. The molecule has 1 aromatic rings. The quantitative estimate of drug-likeness (QED) is 0.532. The van der Waals surface area contributed by atoms with Gasteiger partial charge in [-0.25, -0.2) is 9.59 Å². The maximum absolute atomic E-state index is 12.2. The Morgan fingerprint density at radius 2 is 1.75 bits per heavy atom. The van der Waals surface area contributed by atoms with E-state index in [-0.39, 0.29) is 6.54 Å². The first-order chi connectivity index (χ1) is 11.1. The molecule has 0 unspecified atom stereocenters. The van der Waals surface area contributed by atoms with Crippen molar-refractivity contribution in [3.8, 4) is 0 Å². The fraction of sp³-hybridized carbons (Fsp3) is 0.438. The third-order valence-electron chi connectivity index (χ3n) is 2.75. The topological polar surface area (TPSA) is 93.7 Å². The minimum absolute atomic E-state index is 0.141. The van der Waals surface area contributed by atoms with Gasteiger partial charge in [0.1, 0.15) is 11.6 Å². The Morgan fingerprint density at radius 1 is 1.17 bits per heavy atom. The monoisotopic (exact) mass is 448 g/mol. The molecule has 1 aromatic carbocycles. The molecule has 0 fully saturated rings. The third kappa shape index (κ3) is 7.16. The van der Waals surface area contributed by atoms with Crippen LogP contribution in [0.4, 0.5) is 4.79 Å². The number of benzene rings is 1. The lowest BCUT2D eigenvalue weighted by molar-refractivity contribution is -0.142. The molecule has 7 nitrogen and oxygen atoms in total.